The van der Waals surface area contributed by atoms with E-state index in [9.17, 15) is 0 Å². The predicted molar refractivity (Wildman–Crippen MR) is 89.8 cm³/mol. The fraction of sp³-hybridized carbons (Fsp3) is 0.684. The van der Waals surface area contributed by atoms with Gasteiger partial charge >= 0.3 is 0 Å². The molecule has 118 valence electrons. The van der Waals surface area contributed by atoms with Crippen molar-refractivity contribution in [3.05, 3.63) is 29.8 Å². The molecule has 0 saturated carbocycles. The predicted octanol–water partition coefficient (Wildman–Crippen LogP) is 5.09. The first kappa shape index (κ1) is 16.4. The van der Waals surface area contributed by atoms with Crippen molar-refractivity contribution < 1.29 is 4.74 Å². The van der Waals surface area contributed by atoms with Crippen LogP contribution in [-0.4, -0.2) is 12.1 Å². The summed E-state index contributed by atoms with van der Waals surface area (Å²) in [6.07, 6.45) is 6.69. The Hall–Kier alpha value is -1.02. The number of unbranched alkanes of at least 4 members (excludes halogenated alkanes) is 3. The summed E-state index contributed by atoms with van der Waals surface area (Å²) in [7, 11) is 0. The van der Waals surface area contributed by atoms with Crippen LogP contribution in [0.25, 0.3) is 0 Å². The lowest BCUT2D eigenvalue weighted by atomic mass is 9.94. The molecule has 2 nitrogen and oxygen atoms in total. The van der Waals surface area contributed by atoms with Gasteiger partial charge in [0.15, 0.2) is 0 Å². The molecular weight excluding hydrogens is 258 g/mol. The first-order valence-electron chi connectivity index (χ1n) is 8.52. The molecule has 1 aromatic rings. The molecule has 2 rings (SSSR count). The molecule has 0 radical (unpaired) electrons. The Morgan fingerprint density at radius 2 is 1.81 bits per heavy atom. The van der Waals surface area contributed by atoms with E-state index in [0.717, 1.165) is 18.2 Å². The van der Waals surface area contributed by atoms with Gasteiger partial charge in [-0.05, 0) is 38.8 Å². The van der Waals surface area contributed by atoms with E-state index in [2.05, 4.69) is 51.2 Å². The molecular formula is C19H31NO. The van der Waals surface area contributed by atoms with E-state index in [-0.39, 0.29) is 5.60 Å². The van der Waals surface area contributed by atoms with Crippen LogP contribution in [0.5, 0.6) is 5.75 Å². The average Bonchev–Trinajstić information content (AvgIpc) is 2.67. The van der Waals surface area contributed by atoms with Crippen LogP contribution >= 0.6 is 0 Å². The number of fused-ring (bicyclic) bond motifs is 1. The summed E-state index contributed by atoms with van der Waals surface area (Å²) >= 11 is 0. The van der Waals surface area contributed by atoms with Crippen molar-refractivity contribution in [1.82, 2.24) is 5.32 Å². The molecule has 1 atom stereocenters. The molecule has 0 fully saturated rings. The Morgan fingerprint density at radius 1 is 1.10 bits per heavy atom. The van der Waals surface area contributed by atoms with Crippen LogP contribution in [0.15, 0.2) is 24.3 Å². The fourth-order valence-corrected chi connectivity index (χ4v) is 3.16. The first-order valence-corrected chi connectivity index (χ1v) is 8.52. The Balaban J connectivity index is 1.73. The molecule has 1 aliphatic rings. The molecule has 21 heavy (non-hydrogen) atoms. The normalized spacial score (nSPS) is 19.6. The summed E-state index contributed by atoms with van der Waals surface area (Å²) < 4.78 is 6.07. The molecule has 0 bridgehead atoms. The molecule has 0 spiro atoms. The first-order chi connectivity index (χ1) is 10.0. The fourth-order valence-electron chi connectivity index (χ4n) is 3.16. The summed E-state index contributed by atoms with van der Waals surface area (Å²) in [6.45, 7) is 10.0. The largest absolute Gasteiger partial charge is 0.486 e. The van der Waals surface area contributed by atoms with Gasteiger partial charge in [0.2, 0.25) is 0 Å². The zero-order valence-corrected chi connectivity index (χ0v) is 14.1. The van der Waals surface area contributed by atoms with Crippen LogP contribution in [0.4, 0.5) is 0 Å². The maximum atomic E-state index is 6.07. The smallest absolute Gasteiger partial charge is 0.125 e. The van der Waals surface area contributed by atoms with Crippen LogP contribution in [-0.2, 0) is 0 Å². The second-order valence-electron chi connectivity index (χ2n) is 7.23. The average molecular weight is 289 g/mol. The molecule has 1 unspecified atom stereocenters. The number of para-hydroxylation sites is 1. The molecule has 1 aromatic carbocycles. The SMILES string of the molecule is CC(C)CCCCCCNC1c2ccccc2OC1(C)C. The topological polar surface area (TPSA) is 21.3 Å². The van der Waals surface area contributed by atoms with Gasteiger partial charge in [-0.3, -0.25) is 0 Å². The van der Waals surface area contributed by atoms with Gasteiger partial charge in [-0.25, -0.2) is 0 Å². The van der Waals surface area contributed by atoms with Crippen LogP contribution in [0.1, 0.15) is 71.4 Å². The van der Waals surface area contributed by atoms with Gasteiger partial charge in [-0.1, -0.05) is 57.7 Å². The van der Waals surface area contributed by atoms with Crippen LogP contribution < -0.4 is 10.1 Å². The van der Waals surface area contributed by atoms with Crippen molar-refractivity contribution >= 4 is 0 Å². The molecule has 0 saturated heterocycles. The minimum absolute atomic E-state index is 0.151. The highest BCUT2D eigenvalue weighted by molar-refractivity contribution is 5.42. The summed E-state index contributed by atoms with van der Waals surface area (Å²) in [5.41, 5.74) is 1.16. The number of ether oxygens (including phenoxy) is 1. The molecule has 1 N–H and O–H groups in total. The third-order valence-corrected chi connectivity index (χ3v) is 4.35. The van der Waals surface area contributed by atoms with E-state index in [0.29, 0.717) is 6.04 Å². The van der Waals surface area contributed by atoms with E-state index in [1.54, 1.807) is 0 Å². The number of rotatable bonds is 8. The zero-order chi connectivity index (χ0) is 15.3. The lowest BCUT2D eigenvalue weighted by Crippen LogP contribution is -2.39. The van der Waals surface area contributed by atoms with Crippen molar-refractivity contribution in [3.63, 3.8) is 0 Å². The number of benzene rings is 1. The highest BCUT2D eigenvalue weighted by Crippen LogP contribution is 2.42. The molecule has 1 aliphatic heterocycles. The van der Waals surface area contributed by atoms with Crippen LogP contribution in [0.2, 0.25) is 0 Å². The molecule has 0 amide bonds. The maximum absolute atomic E-state index is 6.07. The van der Waals surface area contributed by atoms with Crippen LogP contribution in [0.3, 0.4) is 0 Å². The lowest BCUT2D eigenvalue weighted by Gasteiger charge is -2.27. The second kappa shape index (κ2) is 7.31. The number of hydrogen-bond acceptors (Lipinski definition) is 2. The lowest BCUT2D eigenvalue weighted by molar-refractivity contribution is 0.0964. The van der Waals surface area contributed by atoms with Gasteiger partial charge in [0.05, 0.1) is 6.04 Å². The van der Waals surface area contributed by atoms with Crippen molar-refractivity contribution in [2.24, 2.45) is 5.92 Å². The van der Waals surface area contributed by atoms with Crippen molar-refractivity contribution in [2.75, 3.05) is 6.54 Å². The van der Waals surface area contributed by atoms with Crippen molar-refractivity contribution in [1.29, 1.82) is 0 Å². The molecule has 0 aliphatic carbocycles. The summed E-state index contributed by atoms with van der Waals surface area (Å²) in [5.74, 6) is 1.88. The second-order valence-corrected chi connectivity index (χ2v) is 7.23. The Labute approximate surface area is 130 Å². The zero-order valence-electron chi connectivity index (χ0n) is 14.1. The summed E-state index contributed by atoms with van der Waals surface area (Å²) in [4.78, 5) is 0. The highest BCUT2D eigenvalue weighted by Gasteiger charge is 2.40. The van der Waals surface area contributed by atoms with Crippen molar-refractivity contribution in [3.8, 4) is 5.75 Å². The van der Waals surface area contributed by atoms with Gasteiger partial charge in [-0.2, -0.15) is 0 Å². The van der Waals surface area contributed by atoms with E-state index in [1.807, 2.05) is 6.07 Å². The Morgan fingerprint density at radius 3 is 2.57 bits per heavy atom. The Bertz CT molecular complexity index is 439. The minimum Gasteiger partial charge on any atom is -0.486 e. The monoisotopic (exact) mass is 289 g/mol. The molecule has 2 heteroatoms. The third kappa shape index (κ3) is 4.47. The van der Waals surface area contributed by atoms with E-state index < -0.39 is 0 Å². The van der Waals surface area contributed by atoms with Gasteiger partial charge in [0.1, 0.15) is 11.4 Å². The van der Waals surface area contributed by atoms with Crippen LogP contribution in [0, 0.1) is 5.92 Å². The molecule has 1 heterocycles. The van der Waals surface area contributed by atoms with E-state index >= 15 is 0 Å². The highest BCUT2D eigenvalue weighted by atomic mass is 16.5. The quantitative estimate of drug-likeness (QED) is 0.673. The third-order valence-electron chi connectivity index (χ3n) is 4.35. The van der Waals surface area contributed by atoms with Gasteiger partial charge in [-0.15, -0.1) is 0 Å². The maximum Gasteiger partial charge on any atom is 0.125 e. The van der Waals surface area contributed by atoms with Gasteiger partial charge in [0, 0.05) is 5.56 Å². The number of nitrogens with one attached hydrogen (secondary N) is 1. The standard InChI is InChI=1S/C19H31NO/c1-15(2)11-7-5-6-10-14-20-18-16-12-8-9-13-17(16)21-19(18,3)4/h8-9,12-13,15,18,20H,5-7,10-11,14H2,1-4H3. The van der Waals surface area contributed by atoms with E-state index in [4.69, 9.17) is 4.74 Å². The number of hydrogen-bond donors (Lipinski definition) is 1. The van der Waals surface area contributed by atoms with Gasteiger partial charge in [0.25, 0.3) is 0 Å². The summed E-state index contributed by atoms with van der Waals surface area (Å²) in [5, 5.41) is 3.70. The Kier molecular flexibility index (Phi) is 5.69. The minimum atomic E-state index is -0.151. The van der Waals surface area contributed by atoms with Crippen molar-refractivity contribution in [2.45, 2.75) is 71.4 Å². The molecule has 0 aromatic heterocycles. The van der Waals surface area contributed by atoms with Gasteiger partial charge < -0.3 is 10.1 Å². The van der Waals surface area contributed by atoms with E-state index in [1.165, 1.54) is 37.7 Å². The summed E-state index contributed by atoms with van der Waals surface area (Å²) in [6, 6.07) is 8.72.